The Morgan fingerprint density at radius 1 is 1.21 bits per heavy atom. The van der Waals surface area contributed by atoms with Crippen molar-refractivity contribution in [1.82, 2.24) is 9.88 Å². The normalized spacial score (nSPS) is 10.1. The summed E-state index contributed by atoms with van der Waals surface area (Å²) in [7, 11) is 1.56. The van der Waals surface area contributed by atoms with Crippen molar-refractivity contribution < 1.29 is 14.3 Å². The van der Waals surface area contributed by atoms with Gasteiger partial charge in [-0.15, -0.1) is 0 Å². The third-order valence-electron chi connectivity index (χ3n) is 3.46. The van der Waals surface area contributed by atoms with Gasteiger partial charge >= 0.3 is 0 Å². The molecule has 0 aliphatic heterocycles. The van der Waals surface area contributed by atoms with E-state index in [1.54, 1.807) is 43.5 Å². The largest absolute Gasteiger partial charge is 0.497 e. The van der Waals surface area contributed by atoms with Crippen LogP contribution in [-0.4, -0.2) is 41.9 Å². The number of amides is 2. The fourth-order valence-corrected chi connectivity index (χ4v) is 2.23. The van der Waals surface area contributed by atoms with Gasteiger partial charge in [0.2, 0.25) is 5.91 Å². The number of ether oxygens (including phenoxy) is 1. The maximum atomic E-state index is 12.5. The van der Waals surface area contributed by atoms with Gasteiger partial charge in [0.25, 0.3) is 5.91 Å². The van der Waals surface area contributed by atoms with Gasteiger partial charge in [0.1, 0.15) is 18.0 Å². The van der Waals surface area contributed by atoms with Crippen molar-refractivity contribution in [2.45, 2.75) is 13.8 Å². The third kappa shape index (κ3) is 4.55. The van der Waals surface area contributed by atoms with Crippen molar-refractivity contribution >= 4 is 17.5 Å². The summed E-state index contributed by atoms with van der Waals surface area (Å²) in [5, 5.41) is 2.77. The van der Waals surface area contributed by atoms with Crippen LogP contribution in [0.15, 0.2) is 42.5 Å². The number of benzene rings is 1. The molecule has 0 saturated heterocycles. The molecular weight excluding hydrogens is 306 g/mol. The molecule has 2 rings (SSSR count). The average Bonchev–Trinajstić information content (AvgIpc) is 2.59. The van der Waals surface area contributed by atoms with Crippen LogP contribution in [0.2, 0.25) is 0 Å². The van der Waals surface area contributed by atoms with E-state index in [4.69, 9.17) is 4.74 Å². The number of nitrogens with one attached hydrogen (secondary N) is 1. The van der Waals surface area contributed by atoms with Gasteiger partial charge in [0.15, 0.2) is 0 Å². The summed E-state index contributed by atoms with van der Waals surface area (Å²) in [6.45, 7) is 4.03. The van der Waals surface area contributed by atoms with Gasteiger partial charge in [0.05, 0.1) is 7.11 Å². The molecule has 0 unspecified atom stereocenters. The molecule has 24 heavy (non-hydrogen) atoms. The SMILES string of the molecule is CCN(CC(=O)Nc1cccc(OC)c1)C(=O)c1cccc(C)n1. The lowest BCUT2D eigenvalue weighted by Gasteiger charge is -2.20. The number of likely N-dealkylation sites (N-methyl/N-ethyl adjacent to an activating group) is 1. The highest BCUT2D eigenvalue weighted by molar-refractivity contribution is 5.98. The molecule has 1 heterocycles. The first-order valence-electron chi connectivity index (χ1n) is 7.70. The van der Waals surface area contributed by atoms with Crippen LogP contribution in [0.4, 0.5) is 5.69 Å². The highest BCUT2D eigenvalue weighted by Gasteiger charge is 2.18. The quantitative estimate of drug-likeness (QED) is 0.885. The Labute approximate surface area is 141 Å². The predicted octanol–water partition coefficient (Wildman–Crippen LogP) is 2.50. The van der Waals surface area contributed by atoms with Crippen molar-refractivity contribution in [2.75, 3.05) is 25.5 Å². The number of rotatable bonds is 6. The Hall–Kier alpha value is -2.89. The second kappa shape index (κ2) is 8.10. The van der Waals surface area contributed by atoms with Gasteiger partial charge in [-0.1, -0.05) is 12.1 Å². The van der Waals surface area contributed by atoms with Crippen LogP contribution in [0.1, 0.15) is 23.1 Å². The summed E-state index contributed by atoms with van der Waals surface area (Å²) in [6, 6.07) is 12.3. The lowest BCUT2D eigenvalue weighted by Crippen LogP contribution is -2.38. The third-order valence-corrected chi connectivity index (χ3v) is 3.46. The van der Waals surface area contributed by atoms with Crippen molar-refractivity contribution in [2.24, 2.45) is 0 Å². The summed E-state index contributed by atoms with van der Waals surface area (Å²) < 4.78 is 5.12. The Bertz CT molecular complexity index is 731. The number of hydrogen-bond acceptors (Lipinski definition) is 4. The molecule has 2 aromatic rings. The number of pyridine rings is 1. The summed E-state index contributed by atoms with van der Waals surface area (Å²) in [4.78, 5) is 30.4. The molecule has 126 valence electrons. The summed E-state index contributed by atoms with van der Waals surface area (Å²) in [6.07, 6.45) is 0. The van der Waals surface area contributed by atoms with Gasteiger partial charge in [-0.05, 0) is 38.1 Å². The molecule has 1 aromatic carbocycles. The summed E-state index contributed by atoms with van der Waals surface area (Å²) in [5.41, 5.74) is 1.72. The zero-order valence-corrected chi connectivity index (χ0v) is 14.1. The second-order valence-corrected chi connectivity index (χ2v) is 5.26. The highest BCUT2D eigenvalue weighted by atomic mass is 16.5. The Morgan fingerprint density at radius 2 is 1.96 bits per heavy atom. The van der Waals surface area contributed by atoms with E-state index in [1.165, 1.54) is 4.90 Å². The molecule has 0 aliphatic carbocycles. The van der Waals surface area contributed by atoms with Crippen molar-refractivity contribution in [3.8, 4) is 5.75 Å². The lowest BCUT2D eigenvalue weighted by atomic mass is 10.2. The van der Waals surface area contributed by atoms with Crippen molar-refractivity contribution in [1.29, 1.82) is 0 Å². The molecule has 0 saturated carbocycles. The number of nitrogens with zero attached hydrogens (tertiary/aromatic N) is 2. The first kappa shape index (κ1) is 17.5. The minimum Gasteiger partial charge on any atom is -0.497 e. The lowest BCUT2D eigenvalue weighted by molar-refractivity contribution is -0.116. The van der Waals surface area contributed by atoms with Crippen LogP contribution in [-0.2, 0) is 4.79 Å². The molecule has 0 spiro atoms. The monoisotopic (exact) mass is 327 g/mol. The topological polar surface area (TPSA) is 71.5 Å². The second-order valence-electron chi connectivity index (χ2n) is 5.26. The van der Waals surface area contributed by atoms with Crippen LogP contribution in [0.25, 0.3) is 0 Å². The standard InChI is InChI=1S/C18H21N3O3/c1-4-21(18(23)16-10-5-7-13(2)19-16)12-17(22)20-14-8-6-9-15(11-14)24-3/h5-11H,4,12H2,1-3H3,(H,20,22). The van der Waals surface area contributed by atoms with Crippen LogP contribution < -0.4 is 10.1 Å². The van der Waals surface area contributed by atoms with E-state index >= 15 is 0 Å². The molecule has 6 heteroatoms. The number of carbonyl (C=O) groups is 2. The Balaban J connectivity index is 2.03. The minimum atomic E-state index is -0.272. The van der Waals surface area contributed by atoms with Crippen molar-refractivity contribution in [3.63, 3.8) is 0 Å². The van der Waals surface area contributed by atoms with E-state index in [9.17, 15) is 9.59 Å². The average molecular weight is 327 g/mol. The van der Waals surface area contributed by atoms with Crippen LogP contribution in [0.5, 0.6) is 5.75 Å². The molecule has 1 N–H and O–H groups in total. The number of aryl methyl sites for hydroxylation is 1. The van der Waals surface area contributed by atoms with Gasteiger partial charge in [0, 0.05) is 24.0 Å². The fourth-order valence-electron chi connectivity index (χ4n) is 2.23. The van der Waals surface area contributed by atoms with E-state index in [1.807, 2.05) is 19.9 Å². The molecule has 0 bridgehead atoms. The molecule has 0 radical (unpaired) electrons. The van der Waals surface area contributed by atoms with Gasteiger partial charge in [-0.25, -0.2) is 4.98 Å². The number of anilines is 1. The van der Waals surface area contributed by atoms with E-state index in [-0.39, 0.29) is 18.4 Å². The van der Waals surface area contributed by atoms with Crippen LogP contribution >= 0.6 is 0 Å². The molecular formula is C18H21N3O3. The first-order valence-corrected chi connectivity index (χ1v) is 7.70. The van der Waals surface area contributed by atoms with E-state index in [0.29, 0.717) is 23.7 Å². The maximum absolute atomic E-state index is 12.5. The molecule has 1 aromatic heterocycles. The van der Waals surface area contributed by atoms with Crippen LogP contribution in [0.3, 0.4) is 0 Å². The maximum Gasteiger partial charge on any atom is 0.272 e. The van der Waals surface area contributed by atoms with E-state index in [0.717, 1.165) is 5.69 Å². The highest BCUT2D eigenvalue weighted by Crippen LogP contribution is 2.16. The zero-order valence-electron chi connectivity index (χ0n) is 14.1. The molecule has 0 aliphatic rings. The summed E-state index contributed by atoms with van der Waals surface area (Å²) in [5.74, 6) is 0.119. The summed E-state index contributed by atoms with van der Waals surface area (Å²) >= 11 is 0. The minimum absolute atomic E-state index is 0.0395. The van der Waals surface area contributed by atoms with Gasteiger partial charge < -0.3 is 15.0 Å². The zero-order chi connectivity index (χ0) is 17.5. The predicted molar refractivity (Wildman–Crippen MR) is 92.2 cm³/mol. The number of methoxy groups -OCH3 is 1. The van der Waals surface area contributed by atoms with Gasteiger partial charge in [-0.3, -0.25) is 9.59 Å². The Morgan fingerprint density at radius 3 is 2.62 bits per heavy atom. The molecule has 0 fully saturated rings. The molecule has 2 amide bonds. The first-order chi connectivity index (χ1) is 11.5. The van der Waals surface area contributed by atoms with Crippen molar-refractivity contribution in [3.05, 3.63) is 53.9 Å². The molecule has 6 nitrogen and oxygen atoms in total. The van der Waals surface area contributed by atoms with Gasteiger partial charge in [-0.2, -0.15) is 0 Å². The van der Waals surface area contributed by atoms with E-state index < -0.39 is 0 Å². The van der Waals surface area contributed by atoms with Crippen LogP contribution in [0, 0.1) is 6.92 Å². The Kier molecular flexibility index (Phi) is 5.89. The number of aromatic nitrogens is 1. The van der Waals surface area contributed by atoms with E-state index in [2.05, 4.69) is 10.3 Å². The number of hydrogen-bond donors (Lipinski definition) is 1. The molecule has 0 atom stereocenters. The number of carbonyl (C=O) groups excluding carboxylic acids is 2. The fraction of sp³-hybridized carbons (Fsp3) is 0.278. The smallest absolute Gasteiger partial charge is 0.272 e.